The Bertz CT molecular complexity index is 409. The van der Waals surface area contributed by atoms with Crippen molar-refractivity contribution in [3.05, 3.63) is 18.2 Å². The molecule has 0 radical (unpaired) electrons. The lowest BCUT2D eigenvalue weighted by atomic mass is 10.1. The van der Waals surface area contributed by atoms with Crippen LogP contribution in [0.5, 0.6) is 0 Å². The van der Waals surface area contributed by atoms with Crippen molar-refractivity contribution in [3.63, 3.8) is 0 Å². The molecule has 0 bridgehead atoms. The van der Waals surface area contributed by atoms with Gasteiger partial charge in [0, 0.05) is 33.0 Å². The number of benzene rings is 1. The maximum absolute atomic E-state index is 10.4. The number of ether oxygens (including phenoxy) is 1. The van der Waals surface area contributed by atoms with Gasteiger partial charge in [-0.1, -0.05) is 27.7 Å². The molecule has 0 aliphatic heterocycles. The minimum atomic E-state index is 0.633. The van der Waals surface area contributed by atoms with Crippen LogP contribution in [0.15, 0.2) is 18.2 Å². The molecule has 0 heterocycles. The third-order valence-corrected chi connectivity index (χ3v) is 2.91. The van der Waals surface area contributed by atoms with E-state index >= 15 is 0 Å². The van der Waals surface area contributed by atoms with Crippen LogP contribution >= 0.6 is 0 Å². The first kappa shape index (κ1) is 23.5. The molecular weight excluding hydrogens is 290 g/mol. The molecule has 0 saturated heterocycles. The van der Waals surface area contributed by atoms with Crippen LogP contribution in [0, 0.1) is 5.92 Å². The highest BCUT2D eigenvalue weighted by molar-refractivity contribution is 5.79. The maximum atomic E-state index is 10.4. The summed E-state index contributed by atoms with van der Waals surface area (Å²) in [6, 6.07) is 5.42. The molecule has 0 fully saturated rings. The minimum Gasteiger partial charge on any atom is -0.397 e. The molecular formula is C18H35N3O2. The molecule has 1 aromatic carbocycles. The van der Waals surface area contributed by atoms with E-state index in [0.717, 1.165) is 36.9 Å². The summed E-state index contributed by atoms with van der Waals surface area (Å²) >= 11 is 0. The van der Waals surface area contributed by atoms with Gasteiger partial charge in [-0.3, -0.25) is 4.79 Å². The molecule has 134 valence electrons. The number of carbonyl (C=O) groups excluding carboxylic acids is 1. The van der Waals surface area contributed by atoms with Crippen molar-refractivity contribution in [1.29, 1.82) is 0 Å². The summed E-state index contributed by atoms with van der Waals surface area (Å²) in [5.41, 5.74) is 8.00. The van der Waals surface area contributed by atoms with Gasteiger partial charge in [-0.2, -0.15) is 0 Å². The summed E-state index contributed by atoms with van der Waals surface area (Å²) < 4.78 is 5.14. The maximum Gasteiger partial charge on any atom is 0.213 e. The first-order valence-corrected chi connectivity index (χ1v) is 8.29. The summed E-state index contributed by atoms with van der Waals surface area (Å²) in [5, 5.41) is 2.95. The number of amides is 1. The lowest BCUT2D eigenvalue weighted by Crippen LogP contribution is -2.13. The van der Waals surface area contributed by atoms with Crippen molar-refractivity contribution in [1.82, 2.24) is 0 Å². The van der Waals surface area contributed by atoms with Crippen LogP contribution in [0.2, 0.25) is 0 Å². The van der Waals surface area contributed by atoms with Gasteiger partial charge in [-0.25, -0.2) is 0 Å². The van der Waals surface area contributed by atoms with Crippen LogP contribution in [0.1, 0.15) is 41.0 Å². The second kappa shape index (κ2) is 15.2. The van der Waals surface area contributed by atoms with E-state index in [4.69, 9.17) is 10.5 Å². The van der Waals surface area contributed by atoms with E-state index < -0.39 is 0 Å². The van der Waals surface area contributed by atoms with Crippen LogP contribution < -0.4 is 16.0 Å². The Morgan fingerprint density at radius 1 is 1.35 bits per heavy atom. The van der Waals surface area contributed by atoms with E-state index in [1.165, 1.54) is 11.3 Å². The fourth-order valence-electron chi connectivity index (χ4n) is 1.52. The summed E-state index contributed by atoms with van der Waals surface area (Å²) in [5.74, 6) is 0.779. The van der Waals surface area contributed by atoms with E-state index in [-0.39, 0.29) is 0 Å². The summed E-state index contributed by atoms with van der Waals surface area (Å²) in [6.45, 7) is 12.2. The highest BCUT2D eigenvalue weighted by Crippen LogP contribution is 2.23. The highest BCUT2D eigenvalue weighted by atomic mass is 16.5. The van der Waals surface area contributed by atoms with Crippen molar-refractivity contribution in [2.75, 3.05) is 43.3 Å². The zero-order chi connectivity index (χ0) is 18.3. The average molecular weight is 325 g/mol. The number of carbonyl (C=O) groups is 1. The molecule has 0 unspecified atom stereocenters. The molecule has 3 N–H and O–H groups in total. The van der Waals surface area contributed by atoms with Crippen molar-refractivity contribution in [2.24, 2.45) is 5.92 Å². The average Bonchev–Trinajstić information content (AvgIpc) is 2.56. The van der Waals surface area contributed by atoms with Gasteiger partial charge in [-0.05, 0) is 37.5 Å². The quantitative estimate of drug-likeness (QED) is 0.452. The Morgan fingerprint density at radius 2 is 1.96 bits per heavy atom. The number of nitrogens with zero attached hydrogens (tertiary/aromatic N) is 1. The van der Waals surface area contributed by atoms with Crippen molar-refractivity contribution in [2.45, 2.75) is 41.0 Å². The predicted molar refractivity (Wildman–Crippen MR) is 102 cm³/mol. The van der Waals surface area contributed by atoms with Gasteiger partial charge in [0.05, 0.1) is 11.4 Å². The molecule has 1 aromatic rings. The molecule has 0 aliphatic carbocycles. The van der Waals surface area contributed by atoms with Gasteiger partial charge in [0.2, 0.25) is 6.41 Å². The van der Waals surface area contributed by atoms with Gasteiger partial charge in [0.1, 0.15) is 0 Å². The number of hydrogen-bond donors (Lipinski definition) is 2. The Labute approximate surface area is 142 Å². The largest absolute Gasteiger partial charge is 0.397 e. The summed E-state index contributed by atoms with van der Waals surface area (Å²) in [7, 11) is 3.48. The topological polar surface area (TPSA) is 67.6 Å². The van der Waals surface area contributed by atoms with Crippen LogP contribution in [0.3, 0.4) is 0 Å². The molecule has 0 aromatic heterocycles. The SMILES string of the molecule is CC.CCOCCC(C)C.CNc1ccc(N(C)C=O)cc1N. The van der Waals surface area contributed by atoms with Gasteiger partial charge < -0.3 is 20.7 Å². The molecule has 5 nitrogen and oxygen atoms in total. The molecule has 1 rings (SSSR count). The summed E-state index contributed by atoms with van der Waals surface area (Å²) in [6.07, 6.45) is 1.93. The second-order valence-electron chi connectivity index (χ2n) is 5.12. The number of anilines is 3. The lowest BCUT2D eigenvalue weighted by molar-refractivity contribution is -0.107. The third-order valence-electron chi connectivity index (χ3n) is 2.91. The van der Waals surface area contributed by atoms with Crippen molar-refractivity contribution in [3.8, 4) is 0 Å². The smallest absolute Gasteiger partial charge is 0.213 e. The molecule has 23 heavy (non-hydrogen) atoms. The van der Waals surface area contributed by atoms with Crippen LogP contribution in [0.4, 0.5) is 17.1 Å². The standard InChI is InChI=1S/C9H13N3O.C7H16O.C2H6/c1-11-9-4-3-7(5-8(9)10)12(2)6-13;1-4-8-6-5-7(2)3;1-2/h3-6,11H,10H2,1-2H3;7H,4-6H2,1-3H3;1-2H3. The zero-order valence-corrected chi connectivity index (χ0v) is 15.8. The van der Waals surface area contributed by atoms with Crippen LogP contribution in [-0.2, 0) is 9.53 Å². The molecule has 0 atom stereocenters. The Kier molecular flexibility index (Phi) is 15.5. The fraction of sp³-hybridized carbons (Fsp3) is 0.611. The van der Waals surface area contributed by atoms with E-state index in [9.17, 15) is 4.79 Å². The predicted octanol–water partition coefficient (Wildman–Crippen LogP) is 4.00. The number of nitrogens with one attached hydrogen (secondary N) is 1. The van der Waals surface area contributed by atoms with Gasteiger partial charge in [0.15, 0.2) is 0 Å². The first-order chi connectivity index (χ1) is 11.0. The van der Waals surface area contributed by atoms with E-state index in [1.807, 2.05) is 32.9 Å². The highest BCUT2D eigenvalue weighted by Gasteiger charge is 2.01. The van der Waals surface area contributed by atoms with Gasteiger partial charge in [0.25, 0.3) is 0 Å². The monoisotopic (exact) mass is 325 g/mol. The third kappa shape index (κ3) is 11.5. The molecule has 0 spiro atoms. The zero-order valence-electron chi connectivity index (χ0n) is 15.8. The Hall–Kier alpha value is -1.75. The molecule has 1 amide bonds. The fourth-order valence-corrected chi connectivity index (χ4v) is 1.52. The minimum absolute atomic E-state index is 0.633. The normalized spacial score (nSPS) is 9.22. The van der Waals surface area contributed by atoms with E-state index in [2.05, 4.69) is 19.2 Å². The van der Waals surface area contributed by atoms with Crippen molar-refractivity contribution >= 4 is 23.5 Å². The van der Waals surface area contributed by atoms with Gasteiger partial charge >= 0.3 is 0 Å². The summed E-state index contributed by atoms with van der Waals surface area (Å²) in [4.78, 5) is 11.9. The Morgan fingerprint density at radius 3 is 2.35 bits per heavy atom. The number of nitrogens with two attached hydrogens (primary N) is 1. The molecule has 0 aliphatic rings. The second-order valence-corrected chi connectivity index (χ2v) is 5.12. The number of rotatable bonds is 7. The molecule has 5 heteroatoms. The Balaban J connectivity index is 0. The lowest BCUT2D eigenvalue weighted by Gasteiger charge is -2.13. The van der Waals surface area contributed by atoms with Crippen LogP contribution in [-0.4, -0.2) is 33.7 Å². The van der Waals surface area contributed by atoms with Gasteiger partial charge in [-0.15, -0.1) is 0 Å². The first-order valence-electron chi connectivity index (χ1n) is 8.29. The molecule has 0 saturated carbocycles. The van der Waals surface area contributed by atoms with Crippen molar-refractivity contribution < 1.29 is 9.53 Å². The van der Waals surface area contributed by atoms with E-state index in [0.29, 0.717) is 5.69 Å². The van der Waals surface area contributed by atoms with E-state index in [1.54, 1.807) is 20.2 Å². The number of hydrogen-bond acceptors (Lipinski definition) is 4. The van der Waals surface area contributed by atoms with Crippen LogP contribution in [0.25, 0.3) is 0 Å². The number of nitrogen functional groups attached to an aromatic ring is 1.